The topological polar surface area (TPSA) is 57.6 Å². The number of carbonyl (C=O) groups excluding carboxylic acids is 2. The lowest BCUT2D eigenvalue weighted by molar-refractivity contribution is -0.117. The smallest absolute Gasteiger partial charge is 0.254 e. The highest BCUT2D eigenvalue weighted by atomic mass is 16.2. The van der Waals surface area contributed by atoms with Gasteiger partial charge in [-0.1, -0.05) is 31.2 Å². The highest BCUT2D eigenvalue weighted by Gasteiger charge is 2.23. The fourth-order valence-corrected chi connectivity index (χ4v) is 3.94. The SMILES string of the molecule is CCc1ccccc1NC(=O)CN1CCN(C(=O)c2cccc(-n3cccc3)c2)CC1. The van der Waals surface area contributed by atoms with Crippen molar-refractivity contribution in [3.05, 3.63) is 84.2 Å². The van der Waals surface area contributed by atoms with E-state index < -0.39 is 0 Å². The van der Waals surface area contributed by atoms with E-state index >= 15 is 0 Å². The van der Waals surface area contributed by atoms with E-state index in [0.29, 0.717) is 38.3 Å². The minimum atomic E-state index is -0.0138. The molecule has 2 heterocycles. The van der Waals surface area contributed by atoms with Gasteiger partial charge in [-0.2, -0.15) is 0 Å². The van der Waals surface area contributed by atoms with Crippen LogP contribution in [0.5, 0.6) is 0 Å². The second-order valence-corrected chi connectivity index (χ2v) is 7.77. The van der Waals surface area contributed by atoms with Gasteiger partial charge in [0.2, 0.25) is 5.91 Å². The van der Waals surface area contributed by atoms with Crippen molar-refractivity contribution in [3.63, 3.8) is 0 Å². The lowest BCUT2D eigenvalue weighted by Gasteiger charge is -2.34. The minimum absolute atomic E-state index is 0.0138. The monoisotopic (exact) mass is 416 g/mol. The summed E-state index contributed by atoms with van der Waals surface area (Å²) >= 11 is 0. The summed E-state index contributed by atoms with van der Waals surface area (Å²) in [5.41, 5.74) is 3.67. The Labute approximate surface area is 183 Å². The summed E-state index contributed by atoms with van der Waals surface area (Å²) in [5.74, 6) is 0.0232. The molecular weight excluding hydrogens is 388 g/mol. The number of anilines is 1. The van der Waals surface area contributed by atoms with Crippen molar-refractivity contribution in [1.82, 2.24) is 14.4 Å². The van der Waals surface area contributed by atoms with Crippen LogP contribution in [0.4, 0.5) is 5.69 Å². The molecule has 1 saturated heterocycles. The Bertz CT molecular complexity index is 1040. The number of hydrogen-bond donors (Lipinski definition) is 1. The van der Waals surface area contributed by atoms with Crippen molar-refractivity contribution in [3.8, 4) is 5.69 Å². The second-order valence-electron chi connectivity index (χ2n) is 7.77. The first-order valence-electron chi connectivity index (χ1n) is 10.8. The van der Waals surface area contributed by atoms with Crippen LogP contribution in [-0.4, -0.2) is 58.9 Å². The lowest BCUT2D eigenvalue weighted by atomic mass is 10.1. The average Bonchev–Trinajstić information content (AvgIpc) is 3.35. The van der Waals surface area contributed by atoms with Gasteiger partial charge in [-0.15, -0.1) is 0 Å². The van der Waals surface area contributed by atoms with E-state index in [4.69, 9.17) is 0 Å². The molecule has 0 atom stereocenters. The van der Waals surface area contributed by atoms with E-state index in [-0.39, 0.29) is 11.8 Å². The summed E-state index contributed by atoms with van der Waals surface area (Å²) in [6, 6.07) is 19.5. The third-order valence-corrected chi connectivity index (χ3v) is 5.69. The van der Waals surface area contributed by atoms with Crippen LogP contribution in [0.3, 0.4) is 0 Å². The Balaban J connectivity index is 1.31. The van der Waals surface area contributed by atoms with Crippen LogP contribution >= 0.6 is 0 Å². The Kier molecular flexibility index (Phi) is 6.48. The van der Waals surface area contributed by atoms with Crippen LogP contribution < -0.4 is 5.32 Å². The van der Waals surface area contributed by atoms with E-state index in [1.807, 2.05) is 82.5 Å². The van der Waals surface area contributed by atoms with E-state index in [9.17, 15) is 9.59 Å². The third kappa shape index (κ3) is 5.03. The van der Waals surface area contributed by atoms with E-state index in [1.165, 1.54) is 0 Å². The molecule has 1 N–H and O–H groups in total. The molecule has 0 saturated carbocycles. The fourth-order valence-electron chi connectivity index (χ4n) is 3.94. The summed E-state index contributed by atoms with van der Waals surface area (Å²) in [5, 5.41) is 3.02. The molecule has 1 aliphatic rings. The van der Waals surface area contributed by atoms with E-state index in [1.54, 1.807) is 0 Å². The maximum absolute atomic E-state index is 13.0. The van der Waals surface area contributed by atoms with Crippen LogP contribution in [-0.2, 0) is 11.2 Å². The molecule has 0 aliphatic carbocycles. The molecule has 3 aromatic rings. The van der Waals surface area contributed by atoms with Crippen molar-refractivity contribution >= 4 is 17.5 Å². The molecule has 0 unspecified atom stereocenters. The molecule has 6 nitrogen and oxygen atoms in total. The summed E-state index contributed by atoms with van der Waals surface area (Å²) in [4.78, 5) is 29.5. The molecule has 31 heavy (non-hydrogen) atoms. The molecule has 160 valence electrons. The standard InChI is InChI=1S/C25H28N4O2/c1-2-20-8-3-4-11-23(20)26-24(30)19-27-14-16-29(17-15-27)25(31)21-9-7-10-22(18-21)28-12-5-6-13-28/h3-13,18H,2,14-17,19H2,1H3,(H,26,30). The van der Waals surface area contributed by atoms with Crippen molar-refractivity contribution < 1.29 is 9.59 Å². The van der Waals surface area contributed by atoms with Gasteiger partial charge < -0.3 is 14.8 Å². The molecular formula is C25H28N4O2. The van der Waals surface area contributed by atoms with E-state index in [2.05, 4.69) is 17.1 Å². The average molecular weight is 417 g/mol. The Morgan fingerprint density at radius 1 is 0.903 bits per heavy atom. The van der Waals surface area contributed by atoms with Crippen molar-refractivity contribution in [1.29, 1.82) is 0 Å². The highest BCUT2D eigenvalue weighted by Crippen LogP contribution is 2.16. The van der Waals surface area contributed by atoms with Crippen LogP contribution in [0.2, 0.25) is 0 Å². The number of hydrogen-bond acceptors (Lipinski definition) is 3. The minimum Gasteiger partial charge on any atom is -0.336 e. The number of benzene rings is 2. The molecule has 1 aromatic heterocycles. The molecule has 0 spiro atoms. The summed E-state index contributed by atoms with van der Waals surface area (Å²) < 4.78 is 1.99. The van der Waals surface area contributed by atoms with Crippen molar-refractivity contribution in [2.45, 2.75) is 13.3 Å². The normalized spacial score (nSPS) is 14.4. The molecule has 0 bridgehead atoms. The van der Waals surface area contributed by atoms with Crippen LogP contribution in [0, 0.1) is 0 Å². The van der Waals surface area contributed by atoms with Gasteiger partial charge in [-0.25, -0.2) is 0 Å². The molecule has 2 amide bonds. The Morgan fingerprint density at radius 2 is 1.65 bits per heavy atom. The number of amides is 2. The zero-order valence-corrected chi connectivity index (χ0v) is 17.8. The summed E-state index contributed by atoms with van der Waals surface area (Å²) in [7, 11) is 0. The van der Waals surface area contributed by atoms with Gasteiger partial charge in [0.25, 0.3) is 5.91 Å². The van der Waals surface area contributed by atoms with Crippen LogP contribution in [0.25, 0.3) is 5.69 Å². The first-order valence-corrected chi connectivity index (χ1v) is 10.8. The molecule has 1 aliphatic heterocycles. The predicted molar refractivity (Wildman–Crippen MR) is 123 cm³/mol. The first kappa shape index (κ1) is 20.9. The van der Waals surface area contributed by atoms with Crippen LogP contribution in [0.1, 0.15) is 22.8 Å². The van der Waals surface area contributed by atoms with Gasteiger partial charge in [0.05, 0.1) is 6.54 Å². The largest absolute Gasteiger partial charge is 0.336 e. The lowest BCUT2D eigenvalue weighted by Crippen LogP contribution is -2.50. The molecule has 6 heteroatoms. The van der Waals surface area contributed by atoms with Gasteiger partial charge in [-0.3, -0.25) is 14.5 Å². The fraction of sp³-hybridized carbons (Fsp3) is 0.280. The number of carbonyl (C=O) groups is 2. The Hall–Kier alpha value is -3.38. The molecule has 0 radical (unpaired) electrons. The van der Waals surface area contributed by atoms with E-state index in [0.717, 1.165) is 23.4 Å². The highest BCUT2D eigenvalue weighted by molar-refractivity contribution is 5.95. The Morgan fingerprint density at radius 3 is 2.39 bits per heavy atom. The number of nitrogens with zero attached hydrogens (tertiary/aromatic N) is 3. The zero-order valence-electron chi connectivity index (χ0n) is 17.8. The molecule has 1 fully saturated rings. The number of aromatic nitrogens is 1. The summed E-state index contributed by atoms with van der Waals surface area (Å²) in [6.45, 7) is 5.02. The maximum atomic E-state index is 13.0. The molecule has 2 aromatic carbocycles. The number of para-hydroxylation sites is 1. The first-order chi connectivity index (χ1) is 15.1. The zero-order chi connectivity index (χ0) is 21.6. The third-order valence-electron chi connectivity index (χ3n) is 5.69. The van der Waals surface area contributed by atoms with Gasteiger partial charge >= 0.3 is 0 Å². The van der Waals surface area contributed by atoms with Gasteiger partial charge in [-0.05, 0) is 48.4 Å². The number of piperazine rings is 1. The van der Waals surface area contributed by atoms with Gasteiger partial charge in [0, 0.05) is 55.5 Å². The number of rotatable bonds is 6. The van der Waals surface area contributed by atoms with Crippen molar-refractivity contribution in [2.75, 3.05) is 38.0 Å². The predicted octanol–water partition coefficient (Wildman–Crippen LogP) is 3.44. The maximum Gasteiger partial charge on any atom is 0.254 e. The number of nitrogens with one attached hydrogen (secondary N) is 1. The number of aryl methyl sites for hydroxylation is 1. The second kappa shape index (κ2) is 9.62. The quantitative estimate of drug-likeness (QED) is 0.670. The summed E-state index contributed by atoms with van der Waals surface area (Å²) in [6.07, 6.45) is 4.81. The van der Waals surface area contributed by atoms with Crippen LogP contribution in [0.15, 0.2) is 73.1 Å². The van der Waals surface area contributed by atoms with Gasteiger partial charge in [0.15, 0.2) is 0 Å². The molecule has 4 rings (SSSR count). The van der Waals surface area contributed by atoms with Crippen molar-refractivity contribution in [2.24, 2.45) is 0 Å². The van der Waals surface area contributed by atoms with Gasteiger partial charge in [0.1, 0.15) is 0 Å².